The van der Waals surface area contributed by atoms with Crippen LogP contribution in [-0.2, 0) is 4.79 Å². The maximum absolute atomic E-state index is 12.1. The van der Waals surface area contributed by atoms with E-state index >= 15 is 0 Å². The van der Waals surface area contributed by atoms with Gasteiger partial charge in [0.2, 0.25) is 5.91 Å². The molecule has 7 nitrogen and oxygen atoms in total. The highest BCUT2D eigenvalue weighted by molar-refractivity contribution is 6.01. The zero-order valence-corrected chi connectivity index (χ0v) is 10.9. The third-order valence-corrected chi connectivity index (χ3v) is 3.16. The fraction of sp³-hybridized carbons (Fsp3) is 0.308. The molecular weight excluding hydrogens is 262 g/mol. The Balaban J connectivity index is 2.16. The molecule has 106 valence electrons. The van der Waals surface area contributed by atoms with Crippen LogP contribution in [-0.4, -0.2) is 47.0 Å². The van der Waals surface area contributed by atoms with Crippen molar-refractivity contribution in [1.82, 2.24) is 10.2 Å². The summed E-state index contributed by atoms with van der Waals surface area (Å²) in [5.41, 5.74) is 0.221. The number of urea groups is 1. The molecule has 0 aliphatic carbocycles. The van der Waals surface area contributed by atoms with Crippen LogP contribution < -0.4 is 10.6 Å². The molecule has 2 rings (SSSR count). The minimum Gasteiger partial charge on any atom is -0.478 e. The van der Waals surface area contributed by atoms with Crippen molar-refractivity contribution in [3.05, 3.63) is 29.8 Å². The number of amides is 3. The highest BCUT2D eigenvalue weighted by atomic mass is 16.4. The Kier molecular flexibility index (Phi) is 3.88. The highest BCUT2D eigenvalue weighted by Crippen LogP contribution is 2.16. The second kappa shape index (κ2) is 5.60. The van der Waals surface area contributed by atoms with Gasteiger partial charge in [0, 0.05) is 13.1 Å². The third-order valence-electron chi connectivity index (χ3n) is 3.16. The second-order valence-corrected chi connectivity index (χ2v) is 4.44. The Morgan fingerprint density at radius 2 is 2.10 bits per heavy atom. The first-order chi connectivity index (χ1) is 9.50. The molecule has 3 N–H and O–H groups in total. The molecule has 0 spiro atoms. The predicted octanol–water partition coefficient (Wildman–Crippen LogP) is 0.737. The molecule has 1 aliphatic heterocycles. The number of hydrogen-bond acceptors (Lipinski definition) is 3. The number of rotatable bonds is 2. The highest BCUT2D eigenvalue weighted by Gasteiger charge is 2.29. The minimum absolute atomic E-state index is 0.00923. The van der Waals surface area contributed by atoms with Crippen molar-refractivity contribution in [2.75, 3.05) is 18.4 Å². The van der Waals surface area contributed by atoms with E-state index in [0.29, 0.717) is 13.1 Å². The molecule has 1 saturated heterocycles. The van der Waals surface area contributed by atoms with Gasteiger partial charge >= 0.3 is 12.0 Å². The molecule has 0 saturated carbocycles. The number of hydrogen-bond donors (Lipinski definition) is 3. The van der Waals surface area contributed by atoms with E-state index in [1.165, 1.54) is 17.0 Å². The Morgan fingerprint density at radius 3 is 2.80 bits per heavy atom. The van der Waals surface area contributed by atoms with Gasteiger partial charge in [0.15, 0.2) is 0 Å². The van der Waals surface area contributed by atoms with E-state index in [0.717, 1.165) is 0 Å². The largest absolute Gasteiger partial charge is 0.478 e. The number of carboxylic acids is 1. The van der Waals surface area contributed by atoms with Gasteiger partial charge in [-0.05, 0) is 19.1 Å². The van der Waals surface area contributed by atoms with Crippen LogP contribution in [0.5, 0.6) is 0 Å². The quantitative estimate of drug-likeness (QED) is 0.742. The van der Waals surface area contributed by atoms with Crippen LogP contribution in [0.25, 0.3) is 0 Å². The molecule has 3 amide bonds. The van der Waals surface area contributed by atoms with Crippen molar-refractivity contribution in [3.8, 4) is 0 Å². The summed E-state index contributed by atoms with van der Waals surface area (Å²) in [5.74, 6) is -1.34. The second-order valence-electron chi connectivity index (χ2n) is 4.44. The summed E-state index contributed by atoms with van der Waals surface area (Å²) in [4.78, 5) is 36.1. The Labute approximate surface area is 115 Å². The van der Waals surface area contributed by atoms with Gasteiger partial charge in [0.25, 0.3) is 0 Å². The number of para-hydroxylation sites is 1. The molecule has 1 atom stereocenters. The number of piperazine rings is 1. The van der Waals surface area contributed by atoms with Crippen molar-refractivity contribution >= 4 is 23.6 Å². The molecule has 0 aromatic heterocycles. The van der Waals surface area contributed by atoms with Crippen molar-refractivity contribution in [1.29, 1.82) is 0 Å². The number of nitrogens with one attached hydrogen (secondary N) is 2. The molecule has 1 aliphatic rings. The SMILES string of the molecule is CC1C(=O)NCCN1C(=O)Nc1ccccc1C(=O)O. The summed E-state index contributed by atoms with van der Waals surface area (Å²) in [7, 11) is 0. The summed E-state index contributed by atoms with van der Waals surface area (Å²) in [6.07, 6.45) is 0. The van der Waals surface area contributed by atoms with Gasteiger partial charge in [0.05, 0.1) is 11.3 Å². The normalized spacial score (nSPS) is 18.4. The number of nitrogens with zero attached hydrogens (tertiary/aromatic N) is 1. The number of carbonyl (C=O) groups excluding carboxylic acids is 2. The lowest BCUT2D eigenvalue weighted by Crippen LogP contribution is -2.56. The van der Waals surface area contributed by atoms with Gasteiger partial charge in [0.1, 0.15) is 6.04 Å². The molecule has 1 heterocycles. The first-order valence-electron chi connectivity index (χ1n) is 6.18. The number of aromatic carboxylic acids is 1. The first kappa shape index (κ1) is 13.9. The van der Waals surface area contributed by atoms with Crippen LogP contribution in [0.15, 0.2) is 24.3 Å². The molecule has 20 heavy (non-hydrogen) atoms. The van der Waals surface area contributed by atoms with Crippen LogP contribution >= 0.6 is 0 Å². The molecule has 1 fully saturated rings. The first-order valence-corrected chi connectivity index (χ1v) is 6.18. The summed E-state index contributed by atoms with van der Waals surface area (Å²) in [6, 6.07) is 5.06. The number of carboxylic acid groups (broad SMARTS) is 1. The molecule has 1 unspecified atom stereocenters. The third kappa shape index (κ3) is 2.71. The van der Waals surface area contributed by atoms with E-state index in [1.54, 1.807) is 19.1 Å². The van der Waals surface area contributed by atoms with Crippen molar-refractivity contribution < 1.29 is 19.5 Å². The molecular formula is C13H15N3O4. The molecule has 0 radical (unpaired) electrons. The van der Waals surface area contributed by atoms with E-state index in [9.17, 15) is 14.4 Å². The van der Waals surface area contributed by atoms with E-state index in [1.807, 2.05) is 0 Å². The van der Waals surface area contributed by atoms with Gasteiger partial charge in [-0.1, -0.05) is 12.1 Å². The maximum atomic E-state index is 12.1. The zero-order valence-electron chi connectivity index (χ0n) is 10.9. The Bertz CT molecular complexity index is 558. The zero-order chi connectivity index (χ0) is 14.7. The minimum atomic E-state index is -1.12. The van der Waals surface area contributed by atoms with E-state index in [4.69, 9.17) is 5.11 Å². The van der Waals surface area contributed by atoms with Gasteiger partial charge in [-0.2, -0.15) is 0 Å². The monoisotopic (exact) mass is 277 g/mol. The van der Waals surface area contributed by atoms with Crippen LogP contribution in [0, 0.1) is 0 Å². The van der Waals surface area contributed by atoms with Crippen molar-refractivity contribution in [2.45, 2.75) is 13.0 Å². The molecule has 1 aromatic rings. The fourth-order valence-corrected chi connectivity index (χ4v) is 2.03. The fourth-order valence-electron chi connectivity index (χ4n) is 2.03. The van der Waals surface area contributed by atoms with Gasteiger partial charge in [-0.3, -0.25) is 4.79 Å². The summed E-state index contributed by atoms with van der Waals surface area (Å²) in [6.45, 7) is 2.39. The standard InChI is InChI=1S/C13H15N3O4/c1-8-11(17)14-6-7-16(8)13(20)15-10-5-3-2-4-9(10)12(18)19/h2-5,8H,6-7H2,1H3,(H,14,17)(H,15,20)(H,18,19). The number of carbonyl (C=O) groups is 3. The van der Waals surface area contributed by atoms with Gasteiger partial charge in [-0.25, -0.2) is 9.59 Å². The lowest BCUT2D eigenvalue weighted by molar-refractivity contribution is -0.126. The topological polar surface area (TPSA) is 98.7 Å². The predicted molar refractivity (Wildman–Crippen MR) is 71.6 cm³/mol. The van der Waals surface area contributed by atoms with Crippen molar-refractivity contribution in [3.63, 3.8) is 0 Å². The molecule has 1 aromatic carbocycles. The van der Waals surface area contributed by atoms with E-state index in [2.05, 4.69) is 10.6 Å². The van der Waals surface area contributed by atoms with E-state index in [-0.39, 0.29) is 17.2 Å². The lowest BCUT2D eigenvalue weighted by atomic mass is 10.2. The van der Waals surface area contributed by atoms with Crippen molar-refractivity contribution in [2.24, 2.45) is 0 Å². The number of anilines is 1. The average Bonchev–Trinajstić information content (AvgIpc) is 2.42. The van der Waals surface area contributed by atoms with Crippen LogP contribution in [0.2, 0.25) is 0 Å². The smallest absolute Gasteiger partial charge is 0.337 e. The Morgan fingerprint density at radius 1 is 1.40 bits per heavy atom. The average molecular weight is 277 g/mol. The molecule has 7 heteroatoms. The van der Waals surface area contributed by atoms with E-state index < -0.39 is 18.0 Å². The van der Waals surface area contributed by atoms with Crippen LogP contribution in [0.3, 0.4) is 0 Å². The lowest BCUT2D eigenvalue weighted by Gasteiger charge is -2.32. The van der Waals surface area contributed by atoms with Gasteiger partial charge in [-0.15, -0.1) is 0 Å². The summed E-state index contributed by atoms with van der Waals surface area (Å²) in [5, 5.41) is 14.2. The summed E-state index contributed by atoms with van der Waals surface area (Å²) >= 11 is 0. The Hall–Kier alpha value is -2.57. The summed E-state index contributed by atoms with van der Waals surface area (Å²) < 4.78 is 0. The number of benzene rings is 1. The van der Waals surface area contributed by atoms with Gasteiger partial charge < -0.3 is 20.6 Å². The van der Waals surface area contributed by atoms with Crippen LogP contribution in [0.4, 0.5) is 10.5 Å². The maximum Gasteiger partial charge on any atom is 0.337 e. The van der Waals surface area contributed by atoms with Crippen LogP contribution in [0.1, 0.15) is 17.3 Å². The molecule has 0 bridgehead atoms.